The predicted molar refractivity (Wildman–Crippen MR) is 60.7 cm³/mol. The number of hydrogen-bond acceptors (Lipinski definition) is 2. The minimum Gasteiger partial charge on any atom is -0.338 e. The zero-order valence-electron chi connectivity index (χ0n) is 9.88. The van der Waals surface area contributed by atoms with Crippen LogP contribution in [0, 0.1) is 0 Å². The molecule has 1 saturated carbocycles. The Morgan fingerprint density at radius 2 is 1.93 bits per heavy atom. The lowest BCUT2D eigenvalue weighted by atomic mass is 10.0. The van der Waals surface area contributed by atoms with E-state index in [1.807, 2.05) is 13.8 Å². The van der Waals surface area contributed by atoms with E-state index in [-0.39, 0.29) is 5.54 Å². The molecule has 1 saturated heterocycles. The minimum absolute atomic E-state index is 0.298. The fourth-order valence-electron chi connectivity index (χ4n) is 2.75. The standard InChI is InChI=1S/C12H22N2O/c1-12(2)11(15)14(9-5-8-13-12)10-6-3-4-7-10/h10,13H,3-9H2,1-2H3. The molecule has 86 valence electrons. The number of nitrogens with one attached hydrogen (secondary N) is 1. The van der Waals surface area contributed by atoms with Crippen LogP contribution in [0.5, 0.6) is 0 Å². The van der Waals surface area contributed by atoms with Gasteiger partial charge in [0.05, 0.1) is 5.54 Å². The van der Waals surface area contributed by atoms with Gasteiger partial charge in [0.25, 0.3) is 0 Å². The number of hydrogen-bond donors (Lipinski definition) is 1. The van der Waals surface area contributed by atoms with E-state index in [1.165, 1.54) is 25.7 Å². The molecule has 0 aromatic rings. The van der Waals surface area contributed by atoms with E-state index in [1.54, 1.807) is 0 Å². The van der Waals surface area contributed by atoms with Gasteiger partial charge in [0, 0.05) is 12.6 Å². The number of amides is 1. The molecule has 2 rings (SSSR count). The van der Waals surface area contributed by atoms with E-state index < -0.39 is 0 Å². The van der Waals surface area contributed by atoms with Crippen LogP contribution in [0.15, 0.2) is 0 Å². The minimum atomic E-state index is -0.362. The molecule has 3 nitrogen and oxygen atoms in total. The molecule has 1 amide bonds. The van der Waals surface area contributed by atoms with Crippen molar-refractivity contribution in [1.29, 1.82) is 0 Å². The van der Waals surface area contributed by atoms with Gasteiger partial charge in [-0.25, -0.2) is 0 Å². The van der Waals surface area contributed by atoms with Gasteiger partial charge in [-0.2, -0.15) is 0 Å². The maximum absolute atomic E-state index is 12.3. The third-order valence-electron chi connectivity index (χ3n) is 3.70. The first-order chi connectivity index (χ1) is 7.11. The second-order valence-electron chi connectivity index (χ2n) is 5.34. The van der Waals surface area contributed by atoms with Gasteiger partial charge in [0.2, 0.25) is 5.91 Å². The van der Waals surface area contributed by atoms with E-state index in [0.29, 0.717) is 11.9 Å². The van der Waals surface area contributed by atoms with E-state index in [9.17, 15) is 4.79 Å². The van der Waals surface area contributed by atoms with Crippen LogP contribution in [0.2, 0.25) is 0 Å². The molecule has 2 aliphatic rings. The Balaban J connectivity index is 2.11. The van der Waals surface area contributed by atoms with Gasteiger partial charge < -0.3 is 10.2 Å². The summed E-state index contributed by atoms with van der Waals surface area (Å²) in [6, 6.07) is 0.525. The summed E-state index contributed by atoms with van der Waals surface area (Å²) in [5.41, 5.74) is -0.362. The highest BCUT2D eigenvalue weighted by atomic mass is 16.2. The summed E-state index contributed by atoms with van der Waals surface area (Å²) in [7, 11) is 0. The van der Waals surface area contributed by atoms with Crippen LogP contribution in [0.3, 0.4) is 0 Å². The zero-order chi connectivity index (χ0) is 10.9. The lowest BCUT2D eigenvalue weighted by Crippen LogP contribution is -2.53. The number of rotatable bonds is 1. The Kier molecular flexibility index (Phi) is 3.01. The normalized spacial score (nSPS) is 28.1. The Bertz CT molecular complexity index is 244. The molecule has 1 N–H and O–H groups in total. The number of carbonyl (C=O) groups excluding carboxylic acids is 1. The molecule has 0 unspecified atom stereocenters. The molecule has 3 heteroatoms. The molecule has 0 radical (unpaired) electrons. The van der Waals surface area contributed by atoms with Crippen molar-refractivity contribution in [2.75, 3.05) is 13.1 Å². The predicted octanol–water partition coefficient (Wildman–Crippen LogP) is 1.53. The molecular formula is C12H22N2O. The van der Waals surface area contributed by atoms with Gasteiger partial charge >= 0.3 is 0 Å². The summed E-state index contributed by atoms with van der Waals surface area (Å²) in [5.74, 6) is 0.298. The van der Waals surface area contributed by atoms with Crippen molar-refractivity contribution in [3.8, 4) is 0 Å². The topological polar surface area (TPSA) is 32.3 Å². The lowest BCUT2D eigenvalue weighted by Gasteiger charge is -2.33. The molecular weight excluding hydrogens is 188 g/mol. The summed E-state index contributed by atoms with van der Waals surface area (Å²) in [6.45, 7) is 5.91. The molecule has 2 fully saturated rings. The van der Waals surface area contributed by atoms with Gasteiger partial charge in [-0.3, -0.25) is 4.79 Å². The van der Waals surface area contributed by atoms with E-state index in [2.05, 4.69) is 10.2 Å². The average molecular weight is 210 g/mol. The van der Waals surface area contributed by atoms with Gasteiger partial charge in [0.1, 0.15) is 0 Å². The van der Waals surface area contributed by atoms with Crippen molar-refractivity contribution in [2.45, 2.75) is 57.5 Å². The van der Waals surface area contributed by atoms with Gasteiger partial charge in [-0.05, 0) is 39.7 Å². The number of carbonyl (C=O) groups is 1. The fraction of sp³-hybridized carbons (Fsp3) is 0.917. The first kappa shape index (κ1) is 10.9. The second-order valence-corrected chi connectivity index (χ2v) is 5.34. The Morgan fingerprint density at radius 1 is 1.27 bits per heavy atom. The van der Waals surface area contributed by atoms with Gasteiger partial charge in [0.15, 0.2) is 0 Å². The monoisotopic (exact) mass is 210 g/mol. The molecule has 1 aliphatic carbocycles. The van der Waals surface area contributed by atoms with Crippen LogP contribution < -0.4 is 5.32 Å². The first-order valence-electron chi connectivity index (χ1n) is 6.17. The summed E-state index contributed by atoms with van der Waals surface area (Å²) in [5, 5.41) is 3.33. The third kappa shape index (κ3) is 2.17. The first-order valence-corrected chi connectivity index (χ1v) is 6.17. The summed E-state index contributed by atoms with van der Waals surface area (Å²) >= 11 is 0. The molecule has 0 spiro atoms. The Hall–Kier alpha value is -0.570. The molecule has 0 atom stereocenters. The average Bonchev–Trinajstić information content (AvgIpc) is 2.66. The molecule has 15 heavy (non-hydrogen) atoms. The van der Waals surface area contributed by atoms with Crippen molar-refractivity contribution in [3.05, 3.63) is 0 Å². The smallest absolute Gasteiger partial charge is 0.242 e. The van der Waals surface area contributed by atoms with Crippen LogP contribution in [0.4, 0.5) is 0 Å². The maximum atomic E-state index is 12.3. The second kappa shape index (κ2) is 4.12. The van der Waals surface area contributed by atoms with Crippen molar-refractivity contribution in [3.63, 3.8) is 0 Å². The Morgan fingerprint density at radius 3 is 2.60 bits per heavy atom. The van der Waals surface area contributed by atoms with E-state index in [0.717, 1.165) is 19.5 Å². The van der Waals surface area contributed by atoms with Crippen LogP contribution in [-0.4, -0.2) is 35.5 Å². The van der Waals surface area contributed by atoms with Crippen molar-refractivity contribution < 1.29 is 4.79 Å². The lowest BCUT2D eigenvalue weighted by molar-refractivity contribution is -0.138. The van der Waals surface area contributed by atoms with E-state index >= 15 is 0 Å². The highest BCUT2D eigenvalue weighted by Crippen LogP contribution is 2.26. The quantitative estimate of drug-likeness (QED) is 0.712. The van der Waals surface area contributed by atoms with Crippen LogP contribution in [-0.2, 0) is 4.79 Å². The van der Waals surface area contributed by atoms with E-state index in [4.69, 9.17) is 0 Å². The molecule has 0 aromatic carbocycles. The van der Waals surface area contributed by atoms with Crippen LogP contribution in [0.25, 0.3) is 0 Å². The fourth-order valence-corrected chi connectivity index (χ4v) is 2.75. The van der Waals surface area contributed by atoms with Crippen LogP contribution in [0.1, 0.15) is 46.0 Å². The van der Waals surface area contributed by atoms with Crippen LogP contribution >= 0.6 is 0 Å². The van der Waals surface area contributed by atoms with Crippen molar-refractivity contribution >= 4 is 5.91 Å². The van der Waals surface area contributed by atoms with Crippen molar-refractivity contribution in [2.24, 2.45) is 0 Å². The summed E-state index contributed by atoms with van der Waals surface area (Å²) < 4.78 is 0. The SMILES string of the molecule is CC1(C)NCCCN(C2CCCC2)C1=O. The van der Waals surface area contributed by atoms with Gasteiger partial charge in [-0.15, -0.1) is 0 Å². The van der Waals surface area contributed by atoms with Gasteiger partial charge in [-0.1, -0.05) is 12.8 Å². The largest absolute Gasteiger partial charge is 0.338 e. The third-order valence-corrected chi connectivity index (χ3v) is 3.70. The van der Waals surface area contributed by atoms with Crippen molar-refractivity contribution in [1.82, 2.24) is 10.2 Å². The highest BCUT2D eigenvalue weighted by molar-refractivity contribution is 5.86. The highest BCUT2D eigenvalue weighted by Gasteiger charge is 2.37. The molecule has 1 heterocycles. The number of nitrogens with zero attached hydrogens (tertiary/aromatic N) is 1. The Labute approximate surface area is 92.2 Å². The molecule has 0 aromatic heterocycles. The molecule has 1 aliphatic heterocycles. The summed E-state index contributed by atoms with van der Waals surface area (Å²) in [4.78, 5) is 14.4. The molecule has 0 bridgehead atoms. The zero-order valence-corrected chi connectivity index (χ0v) is 9.88. The maximum Gasteiger partial charge on any atom is 0.242 e. The summed E-state index contributed by atoms with van der Waals surface area (Å²) in [6.07, 6.45) is 6.10.